The molecule has 1 aromatic heterocycles. The molecule has 0 aromatic carbocycles. The monoisotopic (exact) mass is 217 g/mol. The summed E-state index contributed by atoms with van der Waals surface area (Å²) in [6.07, 6.45) is 10.3. The van der Waals surface area contributed by atoms with Crippen LogP contribution in [-0.2, 0) is 6.42 Å². The van der Waals surface area contributed by atoms with E-state index in [1.165, 1.54) is 11.1 Å². The van der Waals surface area contributed by atoms with Crippen molar-refractivity contribution in [1.82, 2.24) is 10.2 Å². The number of aryl methyl sites for hydroxylation is 1. The van der Waals surface area contributed by atoms with Crippen LogP contribution in [0.2, 0.25) is 0 Å². The zero-order valence-electron chi connectivity index (χ0n) is 9.83. The molecule has 16 heavy (non-hydrogen) atoms. The van der Waals surface area contributed by atoms with E-state index in [4.69, 9.17) is 5.73 Å². The molecule has 0 aliphatic carbocycles. The number of nitrogens with one attached hydrogen (secondary N) is 2. The van der Waals surface area contributed by atoms with E-state index in [9.17, 15) is 0 Å². The Balaban J connectivity index is 3.02. The summed E-state index contributed by atoms with van der Waals surface area (Å²) in [4.78, 5) is 0. The molecule has 0 saturated carbocycles. The van der Waals surface area contributed by atoms with Gasteiger partial charge in [0.2, 0.25) is 0 Å². The lowest BCUT2D eigenvalue weighted by Crippen LogP contribution is -1.95. The Morgan fingerprint density at radius 3 is 2.94 bits per heavy atom. The number of allylic oxidation sites excluding steroid dienone is 3. The fraction of sp³-hybridized carbons (Fsp3) is 0.231. The summed E-state index contributed by atoms with van der Waals surface area (Å²) in [7, 11) is 0. The first kappa shape index (κ1) is 12.2. The highest BCUT2D eigenvalue weighted by molar-refractivity contribution is 5.30. The zero-order chi connectivity index (χ0) is 11.8. The van der Waals surface area contributed by atoms with Gasteiger partial charge in [0, 0.05) is 18.8 Å². The van der Waals surface area contributed by atoms with Gasteiger partial charge in [0.15, 0.2) is 0 Å². The predicted octanol–water partition coefficient (Wildman–Crippen LogP) is 2.74. The Morgan fingerprint density at radius 1 is 1.44 bits per heavy atom. The largest absolute Gasteiger partial charge is 0.404 e. The first-order chi connectivity index (χ1) is 7.77. The van der Waals surface area contributed by atoms with Gasteiger partial charge in [-0.2, -0.15) is 0 Å². The molecule has 1 rings (SSSR count). The molecule has 3 nitrogen and oxygen atoms in total. The van der Waals surface area contributed by atoms with E-state index in [0.717, 1.165) is 12.0 Å². The lowest BCUT2D eigenvalue weighted by molar-refractivity contribution is 1.01. The Morgan fingerprint density at radius 2 is 2.25 bits per heavy atom. The van der Waals surface area contributed by atoms with Crippen molar-refractivity contribution in [2.45, 2.75) is 20.3 Å². The topological polar surface area (TPSA) is 57.6 Å². The van der Waals surface area contributed by atoms with Crippen LogP contribution < -0.4 is 5.73 Å². The Bertz CT molecular complexity index is 420. The number of H-pyrrole nitrogens is 2. The number of hydrogen-bond donors (Lipinski definition) is 3. The smallest absolute Gasteiger partial charge is 0.0215 e. The lowest BCUT2D eigenvalue weighted by atomic mass is 10.0. The molecule has 0 fully saturated rings. The Kier molecular flexibility index (Phi) is 4.99. The molecule has 0 saturated heterocycles. The highest BCUT2D eigenvalue weighted by Gasteiger charge is 1.98. The quantitative estimate of drug-likeness (QED) is 0.670. The van der Waals surface area contributed by atoms with Crippen molar-refractivity contribution in [1.29, 1.82) is 0 Å². The van der Waals surface area contributed by atoms with Crippen LogP contribution in [0.25, 0.3) is 0 Å². The average molecular weight is 217 g/mol. The molecule has 0 aliphatic rings. The van der Waals surface area contributed by atoms with Gasteiger partial charge in [-0.25, -0.2) is 0 Å². The van der Waals surface area contributed by atoms with E-state index in [1.54, 1.807) is 6.20 Å². The molecular weight excluding hydrogens is 198 g/mol. The van der Waals surface area contributed by atoms with E-state index < -0.39 is 0 Å². The second kappa shape index (κ2) is 6.56. The maximum absolute atomic E-state index is 5.58. The number of rotatable bonds is 3. The molecule has 1 aromatic rings. The normalized spacial score (nSPS) is 11.8. The van der Waals surface area contributed by atoms with Gasteiger partial charge < -0.3 is 15.9 Å². The van der Waals surface area contributed by atoms with Gasteiger partial charge >= 0.3 is 0 Å². The van der Waals surface area contributed by atoms with Crippen LogP contribution in [-0.4, -0.2) is 10.2 Å². The predicted molar refractivity (Wildman–Crippen MR) is 68.3 cm³/mol. The minimum Gasteiger partial charge on any atom is -0.404 e. The van der Waals surface area contributed by atoms with E-state index in [0.29, 0.717) is 0 Å². The highest BCUT2D eigenvalue weighted by Crippen LogP contribution is 2.10. The van der Waals surface area contributed by atoms with Gasteiger partial charge in [-0.1, -0.05) is 18.2 Å². The maximum atomic E-state index is 5.58. The van der Waals surface area contributed by atoms with Gasteiger partial charge in [0.25, 0.3) is 0 Å². The van der Waals surface area contributed by atoms with E-state index >= 15 is 0 Å². The third-order valence-electron chi connectivity index (χ3n) is 2.35. The van der Waals surface area contributed by atoms with Crippen LogP contribution in [0.4, 0.5) is 0 Å². The number of nitrogens with two attached hydrogens (primary N) is 1. The lowest BCUT2D eigenvalue weighted by Gasteiger charge is -2.04. The molecule has 0 atom stereocenters. The maximum Gasteiger partial charge on any atom is 0.0215 e. The molecule has 0 aliphatic heterocycles. The minimum atomic E-state index is 0.825. The fourth-order valence-corrected chi connectivity index (χ4v) is 1.44. The second-order valence-corrected chi connectivity index (χ2v) is 3.59. The first-order valence-electron chi connectivity index (χ1n) is 5.35. The molecule has 0 unspecified atom stereocenters. The van der Waals surface area contributed by atoms with Gasteiger partial charge in [0.05, 0.1) is 0 Å². The van der Waals surface area contributed by atoms with E-state index in [2.05, 4.69) is 23.2 Å². The third-order valence-corrected chi connectivity index (χ3v) is 2.35. The summed E-state index contributed by atoms with van der Waals surface area (Å²) in [6, 6.07) is 4.04. The van der Waals surface area contributed by atoms with Crippen LogP contribution in [0.3, 0.4) is 0 Å². The SMILES string of the molecule is C/C=C\C(=C/N)Cc1c[nH][nH]cccc1C. The second-order valence-electron chi connectivity index (χ2n) is 3.59. The minimum absolute atomic E-state index is 0.825. The van der Waals surface area contributed by atoms with Crippen molar-refractivity contribution in [2.24, 2.45) is 5.73 Å². The summed E-state index contributed by atoms with van der Waals surface area (Å²) in [5, 5.41) is 5.95. The molecule has 86 valence electrons. The number of hydrogen-bond acceptors (Lipinski definition) is 1. The van der Waals surface area contributed by atoms with Crippen molar-refractivity contribution in [3.05, 3.63) is 59.6 Å². The summed E-state index contributed by atoms with van der Waals surface area (Å²) in [5.41, 5.74) is 9.13. The summed E-state index contributed by atoms with van der Waals surface area (Å²) >= 11 is 0. The van der Waals surface area contributed by atoms with Gasteiger partial charge in [-0.3, -0.25) is 0 Å². The number of aromatic nitrogens is 2. The summed E-state index contributed by atoms with van der Waals surface area (Å²) in [5.74, 6) is 0. The van der Waals surface area contributed by atoms with Crippen molar-refractivity contribution in [2.75, 3.05) is 0 Å². The molecule has 0 bridgehead atoms. The Labute approximate surface area is 96.4 Å². The molecule has 0 radical (unpaired) electrons. The van der Waals surface area contributed by atoms with Crippen LogP contribution in [0, 0.1) is 6.92 Å². The molecule has 0 amide bonds. The first-order valence-corrected chi connectivity index (χ1v) is 5.35. The van der Waals surface area contributed by atoms with Crippen LogP contribution in [0.15, 0.2) is 48.5 Å². The van der Waals surface area contributed by atoms with Gasteiger partial charge in [0.1, 0.15) is 0 Å². The van der Waals surface area contributed by atoms with Crippen LogP contribution in [0.5, 0.6) is 0 Å². The van der Waals surface area contributed by atoms with E-state index in [1.807, 2.05) is 37.5 Å². The third kappa shape index (κ3) is 3.69. The molecule has 0 spiro atoms. The van der Waals surface area contributed by atoms with E-state index in [-0.39, 0.29) is 0 Å². The Hall–Kier alpha value is -1.90. The molecule has 3 heteroatoms. The fourth-order valence-electron chi connectivity index (χ4n) is 1.44. The summed E-state index contributed by atoms with van der Waals surface area (Å²) < 4.78 is 0. The van der Waals surface area contributed by atoms with Gasteiger partial charge in [-0.05, 0) is 42.8 Å². The van der Waals surface area contributed by atoms with Crippen molar-refractivity contribution < 1.29 is 0 Å². The van der Waals surface area contributed by atoms with Crippen LogP contribution >= 0.6 is 0 Å². The highest BCUT2D eigenvalue weighted by atomic mass is 15.1. The van der Waals surface area contributed by atoms with Crippen molar-refractivity contribution in [3.8, 4) is 0 Å². The van der Waals surface area contributed by atoms with Gasteiger partial charge in [-0.15, -0.1) is 0 Å². The molecule has 1 heterocycles. The standard InChI is InChI=1S/C13H19N3/c1-3-5-12(9-14)8-13-10-16-15-7-4-6-11(13)2/h3-7,9-10,15-16H,8,14H2,1-2H3/b5-3-,7-4?,11-6?,12-9+,13-10?. The molecular formula is C13H19N3. The number of aromatic amines is 2. The van der Waals surface area contributed by atoms with Crippen molar-refractivity contribution >= 4 is 0 Å². The average Bonchev–Trinajstić information content (AvgIpc) is 2.27. The summed E-state index contributed by atoms with van der Waals surface area (Å²) in [6.45, 7) is 4.08. The zero-order valence-corrected chi connectivity index (χ0v) is 9.83. The molecule has 4 N–H and O–H groups in total. The van der Waals surface area contributed by atoms with Crippen LogP contribution in [0.1, 0.15) is 18.1 Å². The van der Waals surface area contributed by atoms with Crippen molar-refractivity contribution in [3.63, 3.8) is 0 Å².